The molecule has 1 aliphatic heterocycles. The molecular formula is C23H28N6O5. The third-order valence-corrected chi connectivity index (χ3v) is 6.15. The van der Waals surface area contributed by atoms with E-state index in [2.05, 4.69) is 15.0 Å². The predicted octanol–water partition coefficient (Wildman–Crippen LogP) is 0.195. The molecule has 1 saturated heterocycles. The number of nitrogens with zero attached hydrogens (tertiary/aromatic N) is 4. The molecule has 2 amide bonds. The van der Waals surface area contributed by atoms with E-state index in [0.29, 0.717) is 51.3 Å². The van der Waals surface area contributed by atoms with E-state index in [1.807, 2.05) is 24.3 Å². The van der Waals surface area contributed by atoms with Gasteiger partial charge in [0.05, 0.1) is 7.11 Å². The molecule has 11 heteroatoms. The lowest BCUT2D eigenvalue weighted by Gasteiger charge is -2.35. The number of nitrogens with one attached hydrogen (secondary N) is 2. The van der Waals surface area contributed by atoms with E-state index in [1.165, 1.54) is 11.6 Å². The monoisotopic (exact) mass is 468 g/mol. The molecule has 180 valence electrons. The van der Waals surface area contributed by atoms with Gasteiger partial charge in [-0.1, -0.05) is 12.1 Å². The topological polar surface area (TPSA) is 133 Å². The van der Waals surface area contributed by atoms with Gasteiger partial charge in [0.15, 0.2) is 5.65 Å². The maximum Gasteiger partial charge on any atom is 0.329 e. The van der Waals surface area contributed by atoms with E-state index >= 15 is 0 Å². The van der Waals surface area contributed by atoms with E-state index in [-0.39, 0.29) is 29.4 Å². The molecule has 0 radical (unpaired) electrons. The Labute approximate surface area is 195 Å². The number of piperazine rings is 1. The molecule has 3 heterocycles. The number of carbonyl (C=O) groups excluding carboxylic acids is 2. The van der Waals surface area contributed by atoms with Gasteiger partial charge in [-0.15, -0.1) is 0 Å². The maximum atomic E-state index is 12.7. The van der Waals surface area contributed by atoms with Crippen molar-refractivity contribution in [2.45, 2.75) is 25.7 Å². The molecule has 2 aromatic heterocycles. The molecule has 1 fully saturated rings. The summed E-state index contributed by atoms with van der Waals surface area (Å²) in [7, 11) is 3.14. The van der Waals surface area contributed by atoms with Crippen molar-refractivity contribution in [1.29, 1.82) is 0 Å². The van der Waals surface area contributed by atoms with Crippen molar-refractivity contribution in [2.24, 2.45) is 7.05 Å². The molecule has 4 rings (SSSR count). The zero-order valence-electron chi connectivity index (χ0n) is 19.3. The van der Waals surface area contributed by atoms with Gasteiger partial charge in [-0.25, -0.2) is 9.78 Å². The van der Waals surface area contributed by atoms with Crippen LogP contribution in [0.4, 0.5) is 0 Å². The van der Waals surface area contributed by atoms with Gasteiger partial charge in [-0.05, 0) is 24.1 Å². The first-order valence-corrected chi connectivity index (χ1v) is 11.2. The van der Waals surface area contributed by atoms with Gasteiger partial charge in [-0.3, -0.25) is 23.9 Å². The first kappa shape index (κ1) is 23.3. The van der Waals surface area contributed by atoms with Crippen molar-refractivity contribution in [3.63, 3.8) is 0 Å². The Morgan fingerprint density at radius 2 is 1.53 bits per heavy atom. The van der Waals surface area contributed by atoms with Gasteiger partial charge in [0.25, 0.3) is 5.56 Å². The highest BCUT2D eigenvalue weighted by molar-refractivity contribution is 5.79. The van der Waals surface area contributed by atoms with Gasteiger partial charge in [0, 0.05) is 52.5 Å². The fourth-order valence-corrected chi connectivity index (χ4v) is 4.06. The van der Waals surface area contributed by atoms with Crippen LogP contribution in [0.15, 0.2) is 33.9 Å². The van der Waals surface area contributed by atoms with Crippen LogP contribution in [-0.4, -0.2) is 74.4 Å². The second-order valence-electron chi connectivity index (χ2n) is 8.31. The quantitative estimate of drug-likeness (QED) is 0.509. The van der Waals surface area contributed by atoms with Gasteiger partial charge in [0.2, 0.25) is 11.8 Å². The van der Waals surface area contributed by atoms with Crippen LogP contribution in [0, 0.1) is 0 Å². The number of aryl methyl sites for hydroxylation is 3. The standard InChI is InChI=1S/C23H28N6O5/c1-27-21-20(22(32)26-23(27)33)24-17(25-21)8-10-19(31)29-13-11-28(12-14-29)18(30)9-5-15-3-6-16(34-2)7-4-15/h3-4,6-7H,5,8-14H2,1-2H3,(H,24,25)(H,26,32,33). The molecular weight excluding hydrogens is 440 g/mol. The molecule has 0 atom stereocenters. The third kappa shape index (κ3) is 5.03. The lowest BCUT2D eigenvalue weighted by atomic mass is 10.1. The van der Waals surface area contributed by atoms with Crippen LogP contribution >= 0.6 is 0 Å². The van der Waals surface area contributed by atoms with Crippen LogP contribution in [0.2, 0.25) is 0 Å². The molecule has 2 N–H and O–H groups in total. The maximum absolute atomic E-state index is 12.7. The van der Waals surface area contributed by atoms with Gasteiger partial charge < -0.3 is 19.5 Å². The lowest BCUT2D eigenvalue weighted by Crippen LogP contribution is -2.50. The number of aromatic nitrogens is 4. The van der Waals surface area contributed by atoms with Crippen LogP contribution < -0.4 is 16.0 Å². The highest BCUT2D eigenvalue weighted by atomic mass is 16.5. The smallest absolute Gasteiger partial charge is 0.329 e. The summed E-state index contributed by atoms with van der Waals surface area (Å²) < 4.78 is 6.40. The zero-order chi connectivity index (χ0) is 24.2. The van der Waals surface area contributed by atoms with Crippen molar-refractivity contribution in [2.75, 3.05) is 33.3 Å². The highest BCUT2D eigenvalue weighted by Crippen LogP contribution is 2.14. The summed E-state index contributed by atoms with van der Waals surface area (Å²) in [5.41, 5.74) is 0.485. The number of H-pyrrole nitrogens is 2. The average Bonchev–Trinajstić information content (AvgIpc) is 3.30. The summed E-state index contributed by atoms with van der Waals surface area (Å²) >= 11 is 0. The molecule has 0 bridgehead atoms. The number of hydrogen-bond donors (Lipinski definition) is 2. The molecule has 0 spiro atoms. The van der Waals surface area contributed by atoms with Crippen molar-refractivity contribution >= 4 is 23.0 Å². The average molecular weight is 469 g/mol. The number of rotatable bonds is 7. The largest absolute Gasteiger partial charge is 0.497 e. The zero-order valence-corrected chi connectivity index (χ0v) is 19.3. The number of amides is 2. The van der Waals surface area contributed by atoms with E-state index in [9.17, 15) is 19.2 Å². The Balaban J connectivity index is 1.25. The molecule has 0 unspecified atom stereocenters. The number of methoxy groups -OCH3 is 1. The minimum Gasteiger partial charge on any atom is -0.497 e. The summed E-state index contributed by atoms with van der Waals surface area (Å²) in [6.07, 6.45) is 1.63. The van der Waals surface area contributed by atoms with Crippen molar-refractivity contribution < 1.29 is 14.3 Å². The van der Waals surface area contributed by atoms with Crippen molar-refractivity contribution in [3.8, 4) is 5.75 Å². The van der Waals surface area contributed by atoms with Crippen LogP contribution in [0.25, 0.3) is 11.2 Å². The Morgan fingerprint density at radius 1 is 0.941 bits per heavy atom. The second kappa shape index (κ2) is 9.94. The molecule has 3 aromatic rings. The number of imidazole rings is 1. The summed E-state index contributed by atoms with van der Waals surface area (Å²) in [4.78, 5) is 61.9. The Kier molecular flexibility index (Phi) is 6.80. The molecule has 0 saturated carbocycles. The number of hydrogen-bond acceptors (Lipinski definition) is 6. The van der Waals surface area contributed by atoms with E-state index in [0.717, 1.165) is 11.3 Å². The number of ether oxygens (including phenoxy) is 1. The van der Waals surface area contributed by atoms with E-state index < -0.39 is 11.2 Å². The highest BCUT2D eigenvalue weighted by Gasteiger charge is 2.24. The van der Waals surface area contributed by atoms with Crippen molar-refractivity contribution in [3.05, 3.63) is 56.5 Å². The first-order chi connectivity index (χ1) is 16.4. The van der Waals surface area contributed by atoms with Gasteiger partial charge in [0.1, 0.15) is 17.1 Å². The number of fused-ring (bicyclic) bond motifs is 1. The minimum absolute atomic E-state index is 0.0337. The fraction of sp³-hybridized carbons (Fsp3) is 0.435. The van der Waals surface area contributed by atoms with Crippen LogP contribution in [0.1, 0.15) is 24.2 Å². The summed E-state index contributed by atoms with van der Waals surface area (Å²) in [6, 6.07) is 7.68. The summed E-state index contributed by atoms with van der Waals surface area (Å²) in [5, 5.41) is 0. The summed E-state index contributed by atoms with van der Waals surface area (Å²) in [5.74, 6) is 1.31. The van der Waals surface area contributed by atoms with Crippen LogP contribution in [0.3, 0.4) is 0 Å². The van der Waals surface area contributed by atoms with Gasteiger partial charge in [-0.2, -0.15) is 0 Å². The normalized spacial score (nSPS) is 13.9. The predicted molar refractivity (Wildman–Crippen MR) is 125 cm³/mol. The second-order valence-corrected chi connectivity index (χ2v) is 8.31. The third-order valence-electron chi connectivity index (χ3n) is 6.15. The number of carbonyl (C=O) groups is 2. The van der Waals surface area contributed by atoms with E-state index in [1.54, 1.807) is 16.9 Å². The minimum atomic E-state index is -0.539. The Hall–Kier alpha value is -3.89. The van der Waals surface area contributed by atoms with Crippen LogP contribution in [0.5, 0.6) is 5.75 Å². The molecule has 0 aliphatic carbocycles. The number of aromatic amines is 2. The molecule has 11 nitrogen and oxygen atoms in total. The summed E-state index contributed by atoms with van der Waals surface area (Å²) in [6.45, 7) is 1.99. The molecule has 34 heavy (non-hydrogen) atoms. The SMILES string of the molecule is COc1ccc(CCC(=O)N2CCN(C(=O)CCc3nc4c([nH]3)c(=O)[nH]c(=O)n4C)CC2)cc1. The fourth-order valence-electron chi connectivity index (χ4n) is 4.06. The molecule has 1 aliphatic rings. The lowest BCUT2D eigenvalue weighted by molar-refractivity contribution is -0.139. The Morgan fingerprint density at radius 3 is 2.12 bits per heavy atom. The first-order valence-electron chi connectivity index (χ1n) is 11.2. The number of benzene rings is 1. The van der Waals surface area contributed by atoms with E-state index in [4.69, 9.17) is 4.74 Å². The molecule has 1 aromatic carbocycles. The van der Waals surface area contributed by atoms with Gasteiger partial charge >= 0.3 is 5.69 Å². The Bertz CT molecular complexity index is 1300. The van der Waals surface area contributed by atoms with Crippen molar-refractivity contribution in [1.82, 2.24) is 29.3 Å². The van der Waals surface area contributed by atoms with Crippen LogP contribution in [-0.2, 0) is 29.5 Å².